The summed E-state index contributed by atoms with van der Waals surface area (Å²) in [5, 5.41) is 2.76. The number of aromatic nitrogens is 1. The number of pyridine rings is 1. The Labute approximate surface area is 187 Å². The molecule has 3 aromatic rings. The van der Waals surface area contributed by atoms with Gasteiger partial charge in [0.2, 0.25) is 0 Å². The zero-order valence-corrected chi connectivity index (χ0v) is 17.9. The Morgan fingerprint density at radius 3 is 2.53 bits per heavy atom. The Morgan fingerprint density at radius 2 is 1.88 bits per heavy atom. The first kappa shape index (κ1) is 22.2. The van der Waals surface area contributed by atoms with E-state index in [4.69, 9.17) is 4.74 Å². The Kier molecular flexibility index (Phi) is 6.38. The number of hydrogen-bond acceptors (Lipinski definition) is 4. The maximum atomic E-state index is 13.2. The van der Waals surface area contributed by atoms with Crippen molar-refractivity contribution in [1.82, 2.24) is 4.98 Å². The fourth-order valence-electron chi connectivity index (χ4n) is 3.46. The molecule has 2 amide bonds. The number of nitrogens with zero attached hydrogens (tertiary/aromatic N) is 2. The number of amides is 2. The molecular formula is C23H20F3N3O2S. The van der Waals surface area contributed by atoms with Crippen LogP contribution in [0.1, 0.15) is 16.7 Å². The third-order valence-corrected chi connectivity index (χ3v) is 6.19. The molecule has 32 heavy (non-hydrogen) atoms. The highest BCUT2D eigenvalue weighted by Crippen LogP contribution is 2.38. The molecule has 0 bridgehead atoms. The molecule has 2 aromatic carbocycles. The Hall–Kier alpha value is -3.04. The summed E-state index contributed by atoms with van der Waals surface area (Å²) in [6.45, 7) is 0. The first-order valence-corrected chi connectivity index (χ1v) is 10.8. The molecule has 1 N–H and O–H groups in total. The molecule has 1 aliphatic rings. The SMILES string of the molecule is COC1Cc2ccc(C(F)(F)F)cc2N1C(=O)Nc1ccc(SCc2ccncc2)cc1. The minimum absolute atomic E-state index is 0.203. The van der Waals surface area contributed by atoms with Crippen LogP contribution in [0.3, 0.4) is 0 Å². The van der Waals surface area contributed by atoms with Gasteiger partial charge in [0.1, 0.15) is 6.23 Å². The highest BCUT2D eigenvalue weighted by atomic mass is 32.2. The topological polar surface area (TPSA) is 54.5 Å². The summed E-state index contributed by atoms with van der Waals surface area (Å²) < 4.78 is 44.9. The molecule has 2 heterocycles. The lowest BCUT2D eigenvalue weighted by atomic mass is 10.1. The number of rotatable bonds is 5. The highest BCUT2D eigenvalue weighted by molar-refractivity contribution is 7.98. The lowest BCUT2D eigenvalue weighted by Gasteiger charge is -2.25. The predicted octanol–water partition coefficient (Wildman–Crippen LogP) is 5.96. The molecule has 0 saturated carbocycles. The van der Waals surface area contributed by atoms with E-state index < -0.39 is 24.0 Å². The van der Waals surface area contributed by atoms with Crippen LogP contribution in [0.25, 0.3) is 0 Å². The molecule has 0 aliphatic carbocycles. The zero-order valence-electron chi connectivity index (χ0n) is 17.1. The van der Waals surface area contributed by atoms with Gasteiger partial charge in [-0.05, 0) is 59.7 Å². The monoisotopic (exact) mass is 459 g/mol. The minimum atomic E-state index is -4.49. The number of benzene rings is 2. The second kappa shape index (κ2) is 9.22. The number of urea groups is 1. The van der Waals surface area contributed by atoms with Gasteiger partial charge in [0.25, 0.3) is 0 Å². The molecule has 0 spiro atoms. The van der Waals surface area contributed by atoms with Crippen molar-refractivity contribution in [2.75, 3.05) is 17.3 Å². The molecule has 1 unspecified atom stereocenters. The van der Waals surface area contributed by atoms with Gasteiger partial charge in [-0.25, -0.2) is 4.79 Å². The summed E-state index contributed by atoms with van der Waals surface area (Å²) >= 11 is 1.65. The van der Waals surface area contributed by atoms with Crippen LogP contribution in [-0.2, 0) is 23.1 Å². The van der Waals surface area contributed by atoms with Crippen molar-refractivity contribution in [3.05, 3.63) is 83.7 Å². The number of halogens is 3. The summed E-state index contributed by atoms with van der Waals surface area (Å²) in [7, 11) is 1.43. The molecule has 5 nitrogen and oxygen atoms in total. The molecule has 0 saturated heterocycles. The van der Waals surface area contributed by atoms with Gasteiger partial charge in [-0.15, -0.1) is 11.8 Å². The van der Waals surface area contributed by atoms with Crippen molar-refractivity contribution in [3.8, 4) is 0 Å². The van der Waals surface area contributed by atoms with Crippen molar-refractivity contribution in [3.63, 3.8) is 0 Å². The fraction of sp³-hybridized carbons (Fsp3) is 0.217. The third kappa shape index (κ3) is 4.89. The molecule has 0 fully saturated rings. The van der Waals surface area contributed by atoms with Crippen LogP contribution in [0.5, 0.6) is 0 Å². The standard InChI is InChI=1S/C23H20F3N3O2S/c1-31-21-12-16-2-3-17(23(24,25)26)13-20(16)29(21)22(30)28-18-4-6-19(7-5-18)32-14-15-8-10-27-11-9-15/h2-11,13,21H,12,14H2,1H3,(H,28,30). The number of anilines is 2. The zero-order chi connectivity index (χ0) is 22.7. The minimum Gasteiger partial charge on any atom is -0.361 e. The van der Waals surface area contributed by atoms with Gasteiger partial charge in [0.15, 0.2) is 0 Å². The van der Waals surface area contributed by atoms with Crippen molar-refractivity contribution in [2.24, 2.45) is 0 Å². The lowest BCUT2D eigenvalue weighted by molar-refractivity contribution is -0.137. The highest BCUT2D eigenvalue weighted by Gasteiger charge is 2.38. The molecule has 9 heteroatoms. The number of nitrogens with one attached hydrogen (secondary N) is 1. The molecule has 4 rings (SSSR count). The van der Waals surface area contributed by atoms with Gasteiger partial charge < -0.3 is 10.1 Å². The van der Waals surface area contributed by atoms with E-state index in [2.05, 4.69) is 10.3 Å². The summed E-state index contributed by atoms with van der Waals surface area (Å²) in [6, 6.07) is 14.1. The molecule has 1 aromatic heterocycles. The van der Waals surface area contributed by atoms with Gasteiger partial charge in [-0.3, -0.25) is 9.88 Å². The van der Waals surface area contributed by atoms with Crippen LogP contribution in [0.2, 0.25) is 0 Å². The Morgan fingerprint density at radius 1 is 1.16 bits per heavy atom. The summed E-state index contributed by atoms with van der Waals surface area (Å²) in [5.41, 5.74) is 1.72. The van der Waals surface area contributed by atoms with E-state index in [0.717, 1.165) is 28.3 Å². The Bertz CT molecular complexity index is 1090. The number of methoxy groups -OCH3 is 1. The molecule has 166 valence electrons. The first-order chi connectivity index (χ1) is 15.3. The fourth-order valence-corrected chi connectivity index (χ4v) is 4.32. The van der Waals surface area contributed by atoms with Crippen molar-refractivity contribution < 1.29 is 22.7 Å². The smallest absolute Gasteiger partial charge is 0.361 e. The van der Waals surface area contributed by atoms with Crippen molar-refractivity contribution in [1.29, 1.82) is 0 Å². The van der Waals surface area contributed by atoms with E-state index in [0.29, 0.717) is 17.7 Å². The number of hydrogen-bond donors (Lipinski definition) is 1. The number of ether oxygens (including phenoxy) is 1. The van der Waals surface area contributed by atoms with Gasteiger partial charge in [-0.1, -0.05) is 6.07 Å². The summed E-state index contributed by atoms with van der Waals surface area (Å²) in [6.07, 6.45) is -1.36. The predicted molar refractivity (Wildman–Crippen MR) is 118 cm³/mol. The van der Waals surface area contributed by atoms with Crippen molar-refractivity contribution in [2.45, 2.75) is 29.5 Å². The first-order valence-electron chi connectivity index (χ1n) is 9.80. The van der Waals surface area contributed by atoms with Crippen molar-refractivity contribution >= 4 is 29.2 Å². The molecular weight excluding hydrogens is 439 g/mol. The number of fused-ring (bicyclic) bond motifs is 1. The van der Waals surface area contributed by atoms with Gasteiger partial charge >= 0.3 is 12.2 Å². The third-order valence-electron chi connectivity index (χ3n) is 5.11. The molecule has 1 aliphatic heterocycles. The van der Waals surface area contributed by atoms with Crippen LogP contribution in [-0.4, -0.2) is 24.4 Å². The largest absolute Gasteiger partial charge is 0.416 e. The van der Waals surface area contributed by atoms with E-state index >= 15 is 0 Å². The van der Waals surface area contributed by atoms with E-state index in [1.807, 2.05) is 24.3 Å². The normalized spacial score (nSPS) is 15.5. The van der Waals surface area contributed by atoms with Gasteiger partial charge in [0, 0.05) is 42.3 Å². The number of thioether (sulfide) groups is 1. The van der Waals surface area contributed by atoms with Crippen LogP contribution in [0, 0.1) is 0 Å². The number of carbonyl (C=O) groups is 1. The van der Waals surface area contributed by atoms with Crippen LogP contribution < -0.4 is 10.2 Å². The maximum Gasteiger partial charge on any atom is 0.416 e. The van der Waals surface area contributed by atoms with Gasteiger partial charge in [-0.2, -0.15) is 13.2 Å². The molecule has 0 radical (unpaired) electrons. The second-order valence-corrected chi connectivity index (χ2v) is 8.25. The number of alkyl halides is 3. The van der Waals surface area contributed by atoms with E-state index in [1.54, 1.807) is 36.3 Å². The van der Waals surface area contributed by atoms with Crippen LogP contribution >= 0.6 is 11.8 Å². The van der Waals surface area contributed by atoms with E-state index in [1.165, 1.54) is 18.1 Å². The average Bonchev–Trinajstić information content (AvgIpc) is 3.17. The van der Waals surface area contributed by atoms with Gasteiger partial charge in [0.05, 0.1) is 11.3 Å². The maximum absolute atomic E-state index is 13.2. The summed E-state index contributed by atoms with van der Waals surface area (Å²) in [5.74, 6) is 0.788. The molecule has 1 atom stereocenters. The van der Waals surface area contributed by atoms with E-state index in [9.17, 15) is 18.0 Å². The number of carbonyl (C=O) groups excluding carboxylic acids is 1. The summed E-state index contributed by atoms with van der Waals surface area (Å²) in [4.78, 5) is 19.2. The Balaban J connectivity index is 1.46. The van der Waals surface area contributed by atoms with Crippen LogP contribution in [0.15, 0.2) is 71.9 Å². The average molecular weight is 459 g/mol. The second-order valence-electron chi connectivity index (χ2n) is 7.20. The van der Waals surface area contributed by atoms with E-state index in [-0.39, 0.29) is 5.69 Å². The lowest BCUT2D eigenvalue weighted by Crippen LogP contribution is -2.41. The van der Waals surface area contributed by atoms with Crippen LogP contribution in [0.4, 0.5) is 29.3 Å². The quantitative estimate of drug-likeness (QED) is 0.479.